The van der Waals surface area contributed by atoms with Crippen LogP contribution in [0.1, 0.15) is 5.56 Å². The molecular formula is C12H14ClN3O2S. The number of anilines is 1. The summed E-state index contributed by atoms with van der Waals surface area (Å²) in [6.07, 6.45) is 0. The number of nitrogens with two attached hydrogens (primary N) is 1. The van der Waals surface area contributed by atoms with E-state index in [4.69, 9.17) is 34.3 Å². The van der Waals surface area contributed by atoms with Gasteiger partial charge in [-0.2, -0.15) is 0 Å². The SMILES string of the molecule is NC(=S)c1ccc(NC(=O)N2CCOCC2)c(Cl)c1. The van der Waals surface area contributed by atoms with Crippen LogP contribution in [0.2, 0.25) is 5.02 Å². The largest absolute Gasteiger partial charge is 0.389 e. The maximum atomic E-state index is 12.0. The Morgan fingerprint density at radius 3 is 2.68 bits per heavy atom. The number of carbonyl (C=O) groups is 1. The van der Waals surface area contributed by atoms with Gasteiger partial charge in [0, 0.05) is 18.7 Å². The minimum atomic E-state index is -0.187. The van der Waals surface area contributed by atoms with Crippen molar-refractivity contribution in [3.8, 4) is 0 Å². The number of urea groups is 1. The Balaban J connectivity index is 2.06. The van der Waals surface area contributed by atoms with Gasteiger partial charge < -0.3 is 20.7 Å². The lowest BCUT2D eigenvalue weighted by Crippen LogP contribution is -2.43. The van der Waals surface area contributed by atoms with Crippen LogP contribution in [-0.4, -0.2) is 42.2 Å². The van der Waals surface area contributed by atoms with Crippen LogP contribution in [-0.2, 0) is 4.74 Å². The molecule has 1 aromatic carbocycles. The average molecular weight is 300 g/mol. The van der Waals surface area contributed by atoms with Crippen molar-refractivity contribution >= 4 is 40.5 Å². The molecular weight excluding hydrogens is 286 g/mol. The fraction of sp³-hybridized carbons (Fsp3) is 0.333. The van der Waals surface area contributed by atoms with Crippen molar-refractivity contribution < 1.29 is 9.53 Å². The predicted octanol–water partition coefficient (Wildman–Crippen LogP) is 1.84. The molecule has 7 heteroatoms. The van der Waals surface area contributed by atoms with Crippen molar-refractivity contribution in [3.63, 3.8) is 0 Å². The number of halogens is 1. The summed E-state index contributed by atoms with van der Waals surface area (Å²) in [6, 6.07) is 4.87. The van der Waals surface area contributed by atoms with Gasteiger partial charge in [0.2, 0.25) is 0 Å². The first-order chi connectivity index (χ1) is 9.08. The van der Waals surface area contributed by atoms with Gasteiger partial charge in [0.25, 0.3) is 0 Å². The van der Waals surface area contributed by atoms with Crippen molar-refractivity contribution in [2.45, 2.75) is 0 Å². The third-order valence-corrected chi connectivity index (χ3v) is 3.34. The van der Waals surface area contributed by atoms with E-state index in [1.165, 1.54) is 0 Å². The minimum Gasteiger partial charge on any atom is -0.389 e. The van der Waals surface area contributed by atoms with Gasteiger partial charge in [-0.1, -0.05) is 23.8 Å². The third kappa shape index (κ3) is 3.56. The Morgan fingerprint density at radius 1 is 1.42 bits per heavy atom. The number of nitrogens with one attached hydrogen (secondary N) is 1. The Hall–Kier alpha value is -1.37. The number of thiocarbonyl (C=S) groups is 1. The fourth-order valence-electron chi connectivity index (χ4n) is 1.73. The number of morpholine rings is 1. The molecule has 0 bridgehead atoms. The first kappa shape index (κ1) is 14.0. The summed E-state index contributed by atoms with van der Waals surface area (Å²) >= 11 is 10.9. The zero-order chi connectivity index (χ0) is 13.8. The summed E-state index contributed by atoms with van der Waals surface area (Å²) in [5.41, 5.74) is 6.72. The molecule has 0 atom stereocenters. The van der Waals surface area contributed by atoms with E-state index in [0.29, 0.717) is 42.6 Å². The molecule has 1 heterocycles. The summed E-state index contributed by atoms with van der Waals surface area (Å²) in [6.45, 7) is 2.27. The topological polar surface area (TPSA) is 67.6 Å². The highest BCUT2D eigenvalue weighted by atomic mass is 35.5. The Bertz CT molecular complexity index is 504. The van der Waals surface area contributed by atoms with E-state index in [-0.39, 0.29) is 11.0 Å². The smallest absolute Gasteiger partial charge is 0.322 e. The van der Waals surface area contributed by atoms with Gasteiger partial charge in [-0.25, -0.2) is 4.79 Å². The number of carbonyl (C=O) groups excluding carboxylic acids is 1. The monoisotopic (exact) mass is 299 g/mol. The van der Waals surface area contributed by atoms with Gasteiger partial charge in [-0.05, 0) is 18.2 Å². The van der Waals surface area contributed by atoms with Crippen LogP contribution >= 0.6 is 23.8 Å². The van der Waals surface area contributed by atoms with Crippen LogP contribution in [0, 0.1) is 0 Å². The van der Waals surface area contributed by atoms with Gasteiger partial charge in [-0.3, -0.25) is 0 Å². The molecule has 1 aliphatic rings. The lowest BCUT2D eigenvalue weighted by atomic mass is 10.2. The standard InChI is InChI=1S/C12H14ClN3O2S/c13-9-7-8(11(14)19)1-2-10(9)15-12(17)16-3-5-18-6-4-16/h1-2,7H,3-6H2,(H2,14,19)(H,15,17). The maximum absolute atomic E-state index is 12.0. The zero-order valence-electron chi connectivity index (χ0n) is 10.2. The molecule has 3 N–H and O–H groups in total. The molecule has 0 radical (unpaired) electrons. The van der Waals surface area contributed by atoms with Crippen molar-refractivity contribution in [1.82, 2.24) is 4.90 Å². The summed E-state index contributed by atoms with van der Waals surface area (Å²) in [5.74, 6) is 0. The van der Waals surface area contributed by atoms with Crippen LogP contribution in [0.4, 0.5) is 10.5 Å². The van der Waals surface area contributed by atoms with E-state index in [1.807, 2.05) is 0 Å². The lowest BCUT2D eigenvalue weighted by molar-refractivity contribution is 0.0564. The molecule has 102 valence electrons. The Labute approximate surface area is 121 Å². The molecule has 0 saturated carbocycles. The number of nitrogens with zero attached hydrogens (tertiary/aromatic N) is 1. The van der Waals surface area contributed by atoms with Crippen molar-refractivity contribution in [2.75, 3.05) is 31.6 Å². The molecule has 0 aromatic heterocycles. The maximum Gasteiger partial charge on any atom is 0.322 e. The average Bonchev–Trinajstić information content (AvgIpc) is 2.41. The second kappa shape index (κ2) is 6.18. The highest BCUT2D eigenvalue weighted by Gasteiger charge is 2.17. The lowest BCUT2D eigenvalue weighted by Gasteiger charge is -2.27. The highest BCUT2D eigenvalue weighted by molar-refractivity contribution is 7.80. The van der Waals surface area contributed by atoms with E-state index < -0.39 is 0 Å². The summed E-state index contributed by atoms with van der Waals surface area (Å²) in [4.78, 5) is 13.9. The van der Waals surface area contributed by atoms with Gasteiger partial charge in [-0.15, -0.1) is 0 Å². The predicted molar refractivity (Wildman–Crippen MR) is 78.8 cm³/mol. The van der Waals surface area contributed by atoms with Crippen LogP contribution in [0.25, 0.3) is 0 Å². The van der Waals surface area contributed by atoms with E-state index >= 15 is 0 Å². The molecule has 1 saturated heterocycles. The molecule has 0 spiro atoms. The van der Waals surface area contributed by atoms with Crippen LogP contribution in [0.15, 0.2) is 18.2 Å². The Morgan fingerprint density at radius 2 is 2.11 bits per heavy atom. The number of rotatable bonds is 2. The van der Waals surface area contributed by atoms with Crippen LogP contribution < -0.4 is 11.1 Å². The molecule has 0 aliphatic carbocycles. The van der Waals surface area contributed by atoms with Crippen molar-refractivity contribution in [2.24, 2.45) is 5.73 Å². The normalized spacial score (nSPS) is 15.1. The van der Waals surface area contributed by atoms with E-state index in [9.17, 15) is 4.79 Å². The fourth-order valence-corrected chi connectivity index (χ4v) is 2.09. The highest BCUT2D eigenvalue weighted by Crippen LogP contribution is 2.23. The third-order valence-electron chi connectivity index (χ3n) is 2.79. The molecule has 0 unspecified atom stereocenters. The molecule has 19 heavy (non-hydrogen) atoms. The van der Waals surface area contributed by atoms with Gasteiger partial charge >= 0.3 is 6.03 Å². The number of benzene rings is 1. The van der Waals surface area contributed by atoms with Gasteiger partial charge in [0.15, 0.2) is 0 Å². The van der Waals surface area contributed by atoms with E-state index in [1.54, 1.807) is 23.1 Å². The first-order valence-corrected chi connectivity index (χ1v) is 6.59. The van der Waals surface area contributed by atoms with Crippen LogP contribution in [0.3, 0.4) is 0 Å². The second-order valence-electron chi connectivity index (χ2n) is 4.09. The Kier molecular flexibility index (Phi) is 4.57. The molecule has 2 amide bonds. The van der Waals surface area contributed by atoms with Gasteiger partial charge in [0.1, 0.15) is 4.99 Å². The second-order valence-corrected chi connectivity index (χ2v) is 4.94. The first-order valence-electron chi connectivity index (χ1n) is 5.81. The van der Waals surface area contributed by atoms with Crippen LogP contribution in [0.5, 0.6) is 0 Å². The van der Waals surface area contributed by atoms with E-state index in [2.05, 4.69) is 5.32 Å². The zero-order valence-corrected chi connectivity index (χ0v) is 11.8. The van der Waals surface area contributed by atoms with E-state index in [0.717, 1.165) is 0 Å². The summed E-state index contributed by atoms with van der Waals surface area (Å²) in [5, 5.41) is 3.17. The molecule has 1 fully saturated rings. The van der Waals surface area contributed by atoms with Crippen molar-refractivity contribution in [3.05, 3.63) is 28.8 Å². The molecule has 1 aliphatic heterocycles. The number of hydrogen-bond donors (Lipinski definition) is 2. The number of amides is 2. The number of hydrogen-bond acceptors (Lipinski definition) is 3. The molecule has 1 aromatic rings. The van der Waals surface area contributed by atoms with Gasteiger partial charge in [0.05, 0.1) is 23.9 Å². The summed E-state index contributed by atoms with van der Waals surface area (Å²) in [7, 11) is 0. The molecule has 2 rings (SSSR count). The quantitative estimate of drug-likeness (QED) is 0.818. The molecule has 5 nitrogen and oxygen atoms in total. The number of ether oxygens (including phenoxy) is 1. The minimum absolute atomic E-state index is 0.187. The van der Waals surface area contributed by atoms with Crippen molar-refractivity contribution in [1.29, 1.82) is 0 Å². The summed E-state index contributed by atoms with van der Waals surface area (Å²) < 4.78 is 5.19.